The van der Waals surface area contributed by atoms with Gasteiger partial charge in [0.15, 0.2) is 0 Å². The molecule has 0 bridgehead atoms. The van der Waals surface area contributed by atoms with Gasteiger partial charge in [0, 0.05) is 21.8 Å². The Balaban J connectivity index is 1.81. The van der Waals surface area contributed by atoms with E-state index in [1.807, 2.05) is 6.92 Å². The summed E-state index contributed by atoms with van der Waals surface area (Å²) in [7, 11) is 0. The number of halogens is 2. The SMILES string of the molecule is Cc1nn(Cc2c(Cl)cccc2Cl)c(C)c1NC(=O)c1cnn(CC(=O)O)c1. The first-order valence-electron chi connectivity index (χ1n) is 8.28. The highest BCUT2D eigenvalue weighted by Gasteiger charge is 2.18. The van der Waals surface area contributed by atoms with Crippen molar-refractivity contribution in [3.8, 4) is 0 Å². The zero-order chi connectivity index (χ0) is 20.4. The van der Waals surface area contributed by atoms with Gasteiger partial charge in [0.1, 0.15) is 6.54 Å². The molecule has 0 saturated carbocycles. The maximum Gasteiger partial charge on any atom is 0.325 e. The number of nitrogens with zero attached hydrogens (tertiary/aromatic N) is 4. The summed E-state index contributed by atoms with van der Waals surface area (Å²) in [6.07, 6.45) is 2.69. The number of rotatable bonds is 6. The van der Waals surface area contributed by atoms with Gasteiger partial charge in [-0.15, -0.1) is 0 Å². The molecule has 0 unspecified atom stereocenters. The average molecular weight is 422 g/mol. The van der Waals surface area contributed by atoms with E-state index in [1.165, 1.54) is 17.1 Å². The number of hydrogen-bond donors (Lipinski definition) is 2. The third kappa shape index (κ3) is 4.18. The van der Waals surface area contributed by atoms with Crippen molar-refractivity contribution in [1.29, 1.82) is 0 Å². The summed E-state index contributed by atoms with van der Waals surface area (Å²) in [5, 5.41) is 21.0. The Kier molecular flexibility index (Phi) is 5.71. The molecule has 0 fully saturated rings. The van der Waals surface area contributed by atoms with Crippen molar-refractivity contribution in [2.45, 2.75) is 26.9 Å². The Morgan fingerprint density at radius 3 is 2.54 bits per heavy atom. The summed E-state index contributed by atoms with van der Waals surface area (Å²) in [6, 6.07) is 5.28. The van der Waals surface area contributed by atoms with Gasteiger partial charge >= 0.3 is 5.97 Å². The van der Waals surface area contributed by atoms with Gasteiger partial charge in [-0.05, 0) is 26.0 Å². The van der Waals surface area contributed by atoms with E-state index in [4.69, 9.17) is 28.3 Å². The van der Waals surface area contributed by atoms with E-state index in [1.54, 1.807) is 29.8 Å². The Labute approximate surface area is 170 Å². The quantitative estimate of drug-likeness (QED) is 0.634. The highest BCUT2D eigenvalue weighted by Crippen LogP contribution is 2.27. The fraction of sp³-hybridized carbons (Fsp3) is 0.222. The number of aryl methyl sites for hydroxylation is 1. The molecule has 0 spiro atoms. The van der Waals surface area contributed by atoms with Crippen LogP contribution in [0.1, 0.15) is 27.3 Å². The lowest BCUT2D eigenvalue weighted by Crippen LogP contribution is -2.13. The van der Waals surface area contributed by atoms with Gasteiger partial charge in [0.25, 0.3) is 5.91 Å². The molecule has 2 aromatic heterocycles. The Bertz CT molecular complexity index is 1040. The third-order valence-electron chi connectivity index (χ3n) is 4.18. The molecule has 3 aromatic rings. The molecule has 1 amide bonds. The molecule has 0 aliphatic rings. The number of carboxylic acids is 1. The van der Waals surface area contributed by atoms with Crippen LogP contribution in [0, 0.1) is 13.8 Å². The van der Waals surface area contributed by atoms with Crippen LogP contribution in [0.25, 0.3) is 0 Å². The average Bonchev–Trinajstić information content (AvgIpc) is 3.18. The van der Waals surface area contributed by atoms with Crippen LogP contribution in [-0.4, -0.2) is 36.5 Å². The van der Waals surface area contributed by atoms with E-state index in [9.17, 15) is 9.59 Å². The first-order chi connectivity index (χ1) is 13.3. The number of carboxylic acid groups (broad SMARTS) is 1. The van der Waals surface area contributed by atoms with Gasteiger partial charge in [-0.2, -0.15) is 10.2 Å². The second kappa shape index (κ2) is 8.04. The predicted molar refractivity (Wildman–Crippen MR) is 105 cm³/mol. The largest absolute Gasteiger partial charge is 0.480 e. The summed E-state index contributed by atoms with van der Waals surface area (Å²) in [4.78, 5) is 23.2. The number of carbonyl (C=O) groups excluding carboxylic acids is 1. The van der Waals surface area contributed by atoms with Crippen molar-refractivity contribution in [2.24, 2.45) is 0 Å². The number of anilines is 1. The molecular weight excluding hydrogens is 405 g/mol. The van der Waals surface area contributed by atoms with Crippen molar-refractivity contribution < 1.29 is 14.7 Å². The van der Waals surface area contributed by atoms with Crippen LogP contribution >= 0.6 is 23.2 Å². The minimum atomic E-state index is -1.04. The molecule has 0 saturated heterocycles. The maximum absolute atomic E-state index is 12.5. The normalized spacial score (nSPS) is 10.9. The van der Waals surface area contributed by atoms with Gasteiger partial charge < -0.3 is 10.4 Å². The van der Waals surface area contributed by atoms with Crippen molar-refractivity contribution >= 4 is 40.8 Å². The molecule has 8 nitrogen and oxygen atoms in total. The van der Waals surface area contributed by atoms with Crippen molar-refractivity contribution in [3.05, 3.63) is 63.2 Å². The Hall–Kier alpha value is -2.84. The standard InChI is InChI=1S/C18H17Cl2N5O3/c1-10-17(22-18(28)12-6-21-24(7-12)9-16(26)27)11(2)25(23-10)8-13-14(19)4-3-5-15(13)20/h3-7H,8-9H2,1-2H3,(H,22,28)(H,26,27). The van der Waals surface area contributed by atoms with E-state index in [0.29, 0.717) is 28.0 Å². The number of carbonyl (C=O) groups is 2. The molecule has 0 aliphatic carbocycles. The molecule has 2 N–H and O–H groups in total. The van der Waals surface area contributed by atoms with Crippen molar-refractivity contribution in [2.75, 3.05) is 5.32 Å². The minimum Gasteiger partial charge on any atom is -0.480 e. The molecule has 0 atom stereocenters. The van der Waals surface area contributed by atoms with Crippen LogP contribution in [0.3, 0.4) is 0 Å². The van der Waals surface area contributed by atoms with Crippen LogP contribution in [-0.2, 0) is 17.9 Å². The van der Waals surface area contributed by atoms with Crippen LogP contribution in [0.2, 0.25) is 10.0 Å². The highest BCUT2D eigenvalue weighted by atomic mass is 35.5. The molecule has 2 heterocycles. The van der Waals surface area contributed by atoms with Gasteiger partial charge in [-0.1, -0.05) is 29.3 Å². The Morgan fingerprint density at radius 2 is 1.89 bits per heavy atom. The van der Waals surface area contributed by atoms with E-state index in [2.05, 4.69) is 15.5 Å². The topological polar surface area (TPSA) is 102 Å². The molecule has 0 radical (unpaired) electrons. The van der Waals surface area contributed by atoms with Crippen LogP contribution in [0.15, 0.2) is 30.6 Å². The van der Waals surface area contributed by atoms with Gasteiger partial charge in [-0.3, -0.25) is 19.0 Å². The first kappa shape index (κ1) is 19.9. The number of aromatic nitrogens is 4. The van der Waals surface area contributed by atoms with E-state index in [-0.39, 0.29) is 12.1 Å². The number of benzene rings is 1. The second-order valence-corrected chi connectivity index (χ2v) is 6.99. The van der Waals surface area contributed by atoms with Gasteiger partial charge in [0.05, 0.1) is 35.4 Å². The molecule has 0 aliphatic heterocycles. The zero-order valence-electron chi connectivity index (χ0n) is 15.1. The third-order valence-corrected chi connectivity index (χ3v) is 4.89. The van der Waals surface area contributed by atoms with E-state index in [0.717, 1.165) is 11.3 Å². The van der Waals surface area contributed by atoms with Crippen molar-refractivity contribution in [3.63, 3.8) is 0 Å². The summed E-state index contributed by atoms with van der Waals surface area (Å²) in [5.41, 5.74) is 2.93. The van der Waals surface area contributed by atoms with Gasteiger partial charge in [0.2, 0.25) is 0 Å². The summed E-state index contributed by atoms with van der Waals surface area (Å²) in [5.74, 6) is -1.44. The van der Waals surface area contributed by atoms with Gasteiger partial charge in [-0.25, -0.2) is 0 Å². The molecule has 3 rings (SSSR count). The molecule has 28 heavy (non-hydrogen) atoms. The summed E-state index contributed by atoms with van der Waals surface area (Å²) < 4.78 is 2.89. The number of nitrogens with one attached hydrogen (secondary N) is 1. The fourth-order valence-electron chi connectivity index (χ4n) is 2.76. The molecule has 1 aromatic carbocycles. The van der Waals surface area contributed by atoms with E-state index >= 15 is 0 Å². The molecule has 10 heteroatoms. The molecular formula is C18H17Cl2N5O3. The molecule has 146 valence electrons. The lowest BCUT2D eigenvalue weighted by Gasteiger charge is -2.09. The summed E-state index contributed by atoms with van der Waals surface area (Å²) in [6.45, 7) is 3.65. The maximum atomic E-state index is 12.5. The van der Waals surface area contributed by atoms with Crippen LogP contribution in [0.5, 0.6) is 0 Å². The van der Waals surface area contributed by atoms with Crippen LogP contribution in [0.4, 0.5) is 5.69 Å². The zero-order valence-corrected chi connectivity index (χ0v) is 16.6. The number of amides is 1. The Morgan fingerprint density at radius 1 is 1.21 bits per heavy atom. The monoisotopic (exact) mass is 421 g/mol. The first-order valence-corrected chi connectivity index (χ1v) is 9.04. The van der Waals surface area contributed by atoms with Crippen molar-refractivity contribution in [1.82, 2.24) is 19.6 Å². The van der Waals surface area contributed by atoms with Crippen LogP contribution < -0.4 is 5.32 Å². The fourth-order valence-corrected chi connectivity index (χ4v) is 3.27. The highest BCUT2D eigenvalue weighted by molar-refractivity contribution is 6.36. The summed E-state index contributed by atoms with van der Waals surface area (Å²) >= 11 is 12.5. The smallest absolute Gasteiger partial charge is 0.325 e. The lowest BCUT2D eigenvalue weighted by atomic mass is 10.2. The minimum absolute atomic E-state index is 0.252. The number of hydrogen-bond acceptors (Lipinski definition) is 4. The van der Waals surface area contributed by atoms with E-state index < -0.39 is 11.9 Å². The predicted octanol–water partition coefficient (Wildman–Crippen LogP) is 3.39. The lowest BCUT2D eigenvalue weighted by molar-refractivity contribution is -0.137. The second-order valence-electron chi connectivity index (χ2n) is 6.18. The number of aliphatic carboxylic acids is 1.